The zero-order valence-electron chi connectivity index (χ0n) is 11.0. The summed E-state index contributed by atoms with van der Waals surface area (Å²) < 4.78 is 1.05. The van der Waals surface area contributed by atoms with E-state index in [4.69, 9.17) is 0 Å². The summed E-state index contributed by atoms with van der Waals surface area (Å²) in [7, 11) is 0. The van der Waals surface area contributed by atoms with Gasteiger partial charge < -0.3 is 10.6 Å². The van der Waals surface area contributed by atoms with Gasteiger partial charge in [0.1, 0.15) is 0 Å². The molecule has 1 fully saturated rings. The Labute approximate surface area is 129 Å². The van der Waals surface area contributed by atoms with E-state index < -0.39 is 0 Å². The van der Waals surface area contributed by atoms with Gasteiger partial charge in [-0.15, -0.1) is 12.4 Å². The molecular formula is C14H20BrClN2O. The van der Waals surface area contributed by atoms with Crippen molar-refractivity contribution >= 4 is 39.9 Å². The molecule has 0 radical (unpaired) electrons. The maximum absolute atomic E-state index is 12.0. The van der Waals surface area contributed by atoms with Gasteiger partial charge in [0.25, 0.3) is 0 Å². The van der Waals surface area contributed by atoms with Crippen molar-refractivity contribution in [2.24, 2.45) is 5.92 Å². The van der Waals surface area contributed by atoms with Gasteiger partial charge in [-0.25, -0.2) is 0 Å². The normalized spacial score (nSPS) is 17.9. The first kappa shape index (κ1) is 16.5. The van der Waals surface area contributed by atoms with E-state index in [0.29, 0.717) is 12.3 Å². The Morgan fingerprint density at radius 2 is 2.32 bits per heavy atom. The summed E-state index contributed by atoms with van der Waals surface area (Å²) in [5, 5.41) is 6.31. The number of anilines is 1. The van der Waals surface area contributed by atoms with Gasteiger partial charge in [0.2, 0.25) is 5.91 Å². The number of rotatable bonds is 4. The van der Waals surface area contributed by atoms with E-state index in [9.17, 15) is 4.79 Å². The van der Waals surface area contributed by atoms with E-state index >= 15 is 0 Å². The summed E-state index contributed by atoms with van der Waals surface area (Å²) in [5.41, 5.74) is 2.11. The van der Waals surface area contributed by atoms with Crippen molar-refractivity contribution in [2.75, 3.05) is 18.4 Å². The molecule has 5 heteroatoms. The van der Waals surface area contributed by atoms with Gasteiger partial charge in [-0.1, -0.05) is 22.9 Å². The smallest absolute Gasteiger partial charge is 0.224 e. The third-order valence-electron chi connectivity index (χ3n) is 3.36. The number of carbonyl (C=O) groups is 1. The molecule has 0 spiro atoms. The average molecular weight is 348 g/mol. The Balaban J connectivity index is 0.00000180. The Hall–Kier alpha value is -0.580. The quantitative estimate of drug-likeness (QED) is 0.877. The second kappa shape index (κ2) is 7.88. The van der Waals surface area contributed by atoms with Crippen LogP contribution in [-0.4, -0.2) is 19.0 Å². The molecule has 1 atom stereocenters. The third-order valence-corrected chi connectivity index (χ3v) is 3.85. The summed E-state index contributed by atoms with van der Waals surface area (Å²) in [6.07, 6.45) is 2.64. The van der Waals surface area contributed by atoms with Crippen LogP contribution in [0.5, 0.6) is 0 Å². The molecule has 1 aromatic rings. The number of hydrogen-bond acceptors (Lipinski definition) is 2. The Kier molecular flexibility index (Phi) is 6.83. The highest BCUT2D eigenvalue weighted by Crippen LogP contribution is 2.22. The van der Waals surface area contributed by atoms with Gasteiger partial charge >= 0.3 is 0 Å². The highest BCUT2D eigenvalue weighted by Gasteiger charge is 2.18. The van der Waals surface area contributed by atoms with E-state index in [0.717, 1.165) is 36.1 Å². The fourth-order valence-electron chi connectivity index (χ4n) is 2.33. The SMILES string of the molecule is CCc1cc(Br)ccc1NC(=O)CC1CCNC1.Cl. The molecule has 0 saturated carbocycles. The van der Waals surface area contributed by atoms with Crippen LogP contribution in [0.15, 0.2) is 22.7 Å². The predicted octanol–water partition coefficient (Wildman–Crippen LogP) is 3.37. The topological polar surface area (TPSA) is 41.1 Å². The molecule has 0 bridgehead atoms. The molecule has 2 rings (SSSR count). The molecule has 2 N–H and O–H groups in total. The van der Waals surface area contributed by atoms with Crippen LogP contribution < -0.4 is 10.6 Å². The number of halogens is 2. The van der Waals surface area contributed by atoms with Crippen LogP contribution in [0.3, 0.4) is 0 Å². The molecule has 3 nitrogen and oxygen atoms in total. The maximum Gasteiger partial charge on any atom is 0.224 e. The highest BCUT2D eigenvalue weighted by atomic mass is 79.9. The number of amides is 1. The van der Waals surface area contributed by atoms with Gasteiger partial charge in [0, 0.05) is 16.6 Å². The van der Waals surface area contributed by atoms with Crippen LogP contribution >= 0.6 is 28.3 Å². The molecular weight excluding hydrogens is 328 g/mol. The van der Waals surface area contributed by atoms with Crippen molar-refractivity contribution in [2.45, 2.75) is 26.2 Å². The van der Waals surface area contributed by atoms with Crippen LogP contribution in [0.2, 0.25) is 0 Å². The summed E-state index contributed by atoms with van der Waals surface area (Å²) in [6.45, 7) is 4.10. The van der Waals surface area contributed by atoms with Crippen molar-refractivity contribution in [1.82, 2.24) is 5.32 Å². The minimum Gasteiger partial charge on any atom is -0.326 e. The van der Waals surface area contributed by atoms with Crippen molar-refractivity contribution in [3.63, 3.8) is 0 Å². The lowest BCUT2D eigenvalue weighted by Gasteiger charge is -2.12. The van der Waals surface area contributed by atoms with Crippen LogP contribution in [0.1, 0.15) is 25.3 Å². The lowest BCUT2D eigenvalue weighted by atomic mass is 10.0. The largest absolute Gasteiger partial charge is 0.326 e. The van der Waals surface area contributed by atoms with Gasteiger partial charge in [0.05, 0.1) is 0 Å². The molecule has 0 aromatic heterocycles. The summed E-state index contributed by atoms with van der Waals surface area (Å²) in [6, 6.07) is 5.99. The average Bonchev–Trinajstić information content (AvgIpc) is 2.84. The van der Waals surface area contributed by atoms with Crippen molar-refractivity contribution in [1.29, 1.82) is 0 Å². The summed E-state index contributed by atoms with van der Waals surface area (Å²) in [5.74, 6) is 0.617. The van der Waals surface area contributed by atoms with Gasteiger partial charge in [-0.2, -0.15) is 0 Å². The number of benzene rings is 1. The number of carbonyl (C=O) groups excluding carboxylic acids is 1. The second-order valence-electron chi connectivity index (χ2n) is 4.77. The molecule has 1 aliphatic rings. The first-order valence-corrected chi connectivity index (χ1v) is 7.27. The van der Waals surface area contributed by atoms with Crippen LogP contribution in [-0.2, 0) is 11.2 Å². The molecule has 19 heavy (non-hydrogen) atoms. The fraction of sp³-hybridized carbons (Fsp3) is 0.500. The summed E-state index contributed by atoms with van der Waals surface area (Å²) >= 11 is 3.45. The molecule has 1 heterocycles. The highest BCUT2D eigenvalue weighted by molar-refractivity contribution is 9.10. The minimum atomic E-state index is 0. The van der Waals surface area contributed by atoms with E-state index in [1.807, 2.05) is 12.1 Å². The lowest BCUT2D eigenvalue weighted by Crippen LogP contribution is -2.19. The van der Waals surface area contributed by atoms with Crippen molar-refractivity contribution in [3.8, 4) is 0 Å². The van der Waals surface area contributed by atoms with Crippen molar-refractivity contribution < 1.29 is 4.79 Å². The Morgan fingerprint density at radius 3 is 2.95 bits per heavy atom. The summed E-state index contributed by atoms with van der Waals surface area (Å²) in [4.78, 5) is 12.0. The zero-order chi connectivity index (χ0) is 13.0. The van der Waals surface area contributed by atoms with Crippen molar-refractivity contribution in [3.05, 3.63) is 28.2 Å². The first-order chi connectivity index (χ1) is 8.69. The predicted molar refractivity (Wildman–Crippen MR) is 85.0 cm³/mol. The van der Waals surface area contributed by atoms with Gasteiger partial charge in [0.15, 0.2) is 0 Å². The molecule has 1 aliphatic heterocycles. The third kappa shape index (κ3) is 4.79. The zero-order valence-corrected chi connectivity index (χ0v) is 13.4. The number of aryl methyl sites for hydroxylation is 1. The molecule has 1 aromatic carbocycles. The lowest BCUT2D eigenvalue weighted by molar-refractivity contribution is -0.116. The van der Waals surface area contributed by atoms with Gasteiger partial charge in [-0.3, -0.25) is 4.79 Å². The van der Waals surface area contributed by atoms with E-state index in [1.165, 1.54) is 5.56 Å². The standard InChI is InChI=1S/C14H19BrN2O.ClH/c1-2-11-8-12(15)3-4-13(11)17-14(18)7-10-5-6-16-9-10;/h3-4,8,10,16H,2,5-7,9H2,1H3,(H,17,18);1H. The molecule has 1 amide bonds. The molecule has 0 aliphatic carbocycles. The second-order valence-corrected chi connectivity index (χ2v) is 5.68. The number of hydrogen-bond donors (Lipinski definition) is 2. The fourth-order valence-corrected chi connectivity index (χ4v) is 2.74. The Bertz CT molecular complexity index is 433. The minimum absolute atomic E-state index is 0. The molecule has 1 unspecified atom stereocenters. The van der Waals surface area contributed by atoms with E-state index in [1.54, 1.807) is 0 Å². The van der Waals surface area contributed by atoms with Crippen LogP contribution in [0, 0.1) is 5.92 Å². The van der Waals surface area contributed by atoms with Crippen LogP contribution in [0.25, 0.3) is 0 Å². The maximum atomic E-state index is 12.0. The molecule has 106 valence electrons. The van der Waals surface area contributed by atoms with E-state index in [-0.39, 0.29) is 18.3 Å². The number of nitrogens with one attached hydrogen (secondary N) is 2. The van der Waals surface area contributed by atoms with E-state index in [2.05, 4.69) is 39.6 Å². The molecule has 1 saturated heterocycles. The Morgan fingerprint density at radius 1 is 1.53 bits per heavy atom. The first-order valence-electron chi connectivity index (χ1n) is 6.48. The van der Waals surface area contributed by atoms with Crippen LogP contribution in [0.4, 0.5) is 5.69 Å². The monoisotopic (exact) mass is 346 g/mol. The van der Waals surface area contributed by atoms with Gasteiger partial charge in [-0.05, 0) is 55.6 Å².